The van der Waals surface area contributed by atoms with Crippen LogP contribution in [0.5, 0.6) is 0 Å². The summed E-state index contributed by atoms with van der Waals surface area (Å²) in [4.78, 5) is 21.8. The molecule has 3 heterocycles. The van der Waals surface area contributed by atoms with Crippen molar-refractivity contribution in [2.24, 2.45) is 0 Å². The van der Waals surface area contributed by atoms with Gasteiger partial charge in [-0.3, -0.25) is 10.1 Å². The van der Waals surface area contributed by atoms with Crippen molar-refractivity contribution in [2.75, 3.05) is 5.32 Å². The maximum atomic E-state index is 12.9. The fourth-order valence-electron chi connectivity index (χ4n) is 3.23. The lowest BCUT2D eigenvalue weighted by Crippen LogP contribution is -2.12. The third-order valence-corrected chi connectivity index (χ3v) is 5.55. The predicted octanol–water partition coefficient (Wildman–Crippen LogP) is 5.08. The van der Waals surface area contributed by atoms with Crippen molar-refractivity contribution in [1.29, 1.82) is 0 Å². The molecule has 0 bridgehead atoms. The van der Waals surface area contributed by atoms with Crippen LogP contribution in [0.25, 0.3) is 28.2 Å². The van der Waals surface area contributed by atoms with Crippen LogP contribution in [0.3, 0.4) is 0 Å². The van der Waals surface area contributed by atoms with Crippen molar-refractivity contribution in [1.82, 2.24) is 19.6 Å². The van der Waals surface area contributed by atoms with E-state index in [1.54, 1.807) is 16.9 Å². The van der Waals surface area contributed by atoms with Gasteiger partial charge in [0.25, 0.3) is 5.91 Å². The molecule has 3 aromatic heterocycles. The fraction of sp³-hybridized carbons (Fsp3) is 0.0435. The largest absolute Gasteiger partial charge is 0.298 e. The minimum absolute atomic E-state index is 0.285. The number of aromatic nitrogens is 4. The minimum Gasteiger partial charge on any atom is -0.298 e. The van der Waals surface area contributed by atoms with Gasteiger partial charge in [0.1, 0.15) is 5.56 Å². The average molecular weight is 411 g/mol. The number of hydrogen-bond acceptors (Lipinski definition) is 5. The number of anilines is 1. The molecule has 0 fully saturated rings. The Balaban J connectivity index is 1.43. The van der Waals surface area contributed by atoms with Crippen LogP contribution in [0.4, 0.5) is 5.13 Å². The predicted molar refractivity (Wildman–Crippen MR) is 119 cm³/mol. The van der Waals surface area contributed by atoms with E-state index in [1.807, 2.05) is 73.0 Å². The highest BCUT2D eigenvalue weighted by Gasteiger charge is 2.17. The molecule has 1 N–H and O–H groups in total. The molecule has 0 aliphatic heterocycles. The molecular weight excluding hydrogens is 394 g/mol. The van der Waals surface area contributed by atoms with Crippen LogP contribution in [0, 0.1) is 6.92 Å². The minimum atomic E-state index is -0.285. The maximum Gasteiger partial charge on any atom is 0.262 e. The van der Waals surface area contributed by atoms with Gasteiger partial charge in [0.2, 0.25) is 0 Å². The van der Waals surface area contributed by atoms with E-state index in [0.717, 1.165) is 22.5 Å². The topological polar surface area (TPSA) is 72.2 Å². The number of hydrogen-bond donors (Lipinski definition) is 1. The highest BCUT2D eigenvalue weighted by atomic mass is 32.1. The highest BCUT2D eigenvalue weighted by Crippen LogP contribution is 2.26. The lowest BCUT2D eigenvalue weighted by atomic mass is 10.1. The van der Waals surface area contributed by atoms with Gasteiger partial charge in [0.05, 0.1) is 17.6 Å². The molecule has 0 aliphatic carbocycles. The number of amides is 1. The summed E-state index contributed by atoms with van der Waals surface area (Å²) in [5.41, 5.74) is 5.82. The second-order valence-electron chi connectivity index (χ2n) is 6.85. The lowest BCUT2D eigenvalue weighted by Gasteiger charge is -2.05. The van der Waals surface area contributed by atoms with Crippen LogP contribution in [0.1, 0.15) is 15.9 Å². The summed E-state index contributed by atoms with van der Waals surface area (Å²) in [5.74, 6) is -0.285. The van der Waals surface area contributed by atoms with E-state index in [4.69, 9.17) is 0 Å². The Morgan fingerprint density at radius 3 is 2.60 bits per heavy atom. The second-order valence-corrected chi connectivity index (χ2v) is 7.71. The summed E-state index contributed by atoms with van der Waals surface area (Å²) >= 11 is 1.39. The van der Waals surface area contributed by atoms with E-state index in [0.29, 0.717) is 16.3 Å². The normalized spacial score (nSPS) is 11.0. The van der Waals surface area contributed by atoms with Crippen LogP contribution < -0.4 is 5.32 Å². The Kier molecular flexibility index (Phi) is 4.57. The van der Waals surface area contributed by atoms with Crippen LogP contribution in [0.2, 0.25) is 0 Å². The molecule has 1 amide bonds. The summed E-state index contributed by atoms with van der Waals surface area (Å²) in [6.45, 7) is 2.05. The molecule has 2 aromatic carbocycles. The Bertz CT molecular complexity index is 1340. The number of nitrogens with zero attached hydrogens (tertiary/aromatic N) is 4. The van der Waals surface area contributed by atoms with Crippen molar-refractivity contribution in [2.45, 2.75) is 6.92 Å². The third-order valence-electron chi connectivity index (χ3n) is 4.79. The molecular formula is C23H17N5OS. The average Bonchev–Trinajstić information content (AvgIpc) is 3.42. The van der Waals surface area contributed by atoms with Crippen molar-refractivity contribution in [3.63, 3.8) is 0 Å². The first-order chi connectivity index (χ1) is 14.7. The van der Waals surface area contributed by atoms with Crippen LogP contribution >= 0.6 is 11.3 Å². The molecule has 0 saturated heterocycles. The van der Waals surface area contributed by atoms with E-state index in [2.05, 4.69) is 20.4 Å². The number of carbonyl (C=O) groups is 1. The van der Waals surface area contributed by atoms with Gasteiger partial charge in [-0.15, -0.1) is 11.3 Å². The SMILES string of the molecule is Cc1ccc(-c2csc(NC(=O)c3cnn4c(-c5ccccc5)ccnc34)n2)cc1. The number of nitrogens with one attached hydrogen (secondary N) is 1. The molecule has 0 unspecified atom stereocenters. The van der Waals surface area contributed by atoms with E-state index < -0.39 is 0 Å². The first-order valence-corrected chi connectivity index (χ1v) is 10.3. The number of fused-ring (bicyclic) bond motifs is 1. The zero-order valence-electron chi connectivity index (χ0n) is 16.1. The maximum absolute atomic E-state index is 12.9. The smallest absolute Gasteiger partial charge is 0.262 e. The zero-order chi connectivity index (χ0) is 20.5. The molecule has 0 spiro atoms. The molecule has 5 aromatic rings. The molecule has 7 heteroatoms. The quantitative estimate of drug-likeness (QED) is 0.448. The van der Waals surface area contributed by atoms with E-state index >= 15 is 0 Å². The van der Waals surface area contributed by atoms with Crippen LogP contribution in [-0.2, 0) is 0 Å². The van der Waals surface area contributed by atoms with Crippen molar-refractivity contribution in [3.8, 4) is 22.5 Å². The van der Waals surface area contributed by atoms with Crippen LogP contribution in [0.15, 0.2) is 78.4 Å². The zero-order valence-corrected chi connectivity index (χ0v) is 16.9. The molecule has 5 rings (SSSR count). The molecule has 0 saturated carbocycles. The van der Waals surface area contributed by atoms with Gasteiger partial charge < -0.3 is 0 Å². The van der Waals surface area contributed by atoms with Gasteiger partial charge in [-0.05, 0) is 13.0 Å². The number of carbonyl (C=O) groups excluding carboxylic acids is 1. The van der Waals surface area contributed by atoms with Crippen LogP contribution in [-0.4, -0.2) is 25.5 Å². The standard InChI is InChI=1S/C23H17N5OS/c1-15-7-9-16(10-8-15)19-14-30-23(26-19)27-22(29)18-13-25-28-20(11-12-24-21(18)28)17-5-3-2-4-6-17/h2-14H,1H3,(H,26,27,29). The monoisotopic (exact) mass is 411 g/mol. The Hall–Kier alpha value is -3.84. The molecule has 146 valence electrons. The van der Waals surface area contributed by atoms with Gasteiger partial charge in [0.15, 0.2) is 10.8 Å². The van der Waals surface area contributed by atoms with E-state index in [1.165, 1.54) is 16.9 Å². The van der Waals surface area contributed by atoms with Gasteiger partial charge >= 0.3 is 0 Å². The van der Waals surface area contributed by atoms with Crippen molar-refractivity contribution in [3.05, 3.63) is 89.6 Å². The molecule has 0 atom stereocenters. The Morgan fingerprint density at radius 2 is 1.80 bits per heavy atom. The Morgan fingerprint density at radius 1 is 1.00 bits per heavy atom. The van der Waals surface area contributed by atoms with Gasteiger partial charge in [-0.2, -0.15) is 5.10 Å². The summed E-state index contributed by atoms with van der Waals surface area (Å²) in [7, 11) is 0. The van der Waals surface area contributed by atoms with Gasteiger partial charge in [-0.1, -0.05) is 60.2 Å². The molecule has 6 nitrogen and oxygen atoms in total. The lowest BCUT2D eigenvalue weighted by molar-refractivity contribution is 0.102. The first kappa shape index (κ1) is 18.2. The van der Waals surface area contributed by atoms with Gasteiger partial charge in [-0.25, -0.2) is 14.5 Å². The number of thiazole rings is 1. The van der Waals surface area contributed by atoms with Gasteiger partial charge in [0, 0.05) is 22.7 Å². The number of benzene rings is 2. The molecule has 30 heavy (non-hydrogen) atoms. The second kappa shape index (κ2) is 7.53. The summed E-state index contributed by atoms with van der Waals surface area (Å²) in [6, 6.07) is 19.9. The van der Waals surface area contributed by atoms with E-state index in [-0.39, 0.29) is 5.91 Å². The number of rotatable bonds is 4. The highest BCUT2D eigenvalue weighted by molar-refractivity contribution is 7.14. The summed E-state index contributed by atoms with van der Waals surface area (Å²) in [5, 5.41) is 9.74. The third kappa shape index (κ3) is 3.35. The van der Waals surface area contributed by atoms with Crippen molar-refractivity contribution >= 4 is 28.0 Å². The first-order valence-electron chi connectivity index (χ1n) is 9.41. The molecule has 0 radical (unpaired) electrons. The molecule has 0 aliphatic rings. The summed E-state index contributed by atoms with van der Waals surface area (Å²) in [6.07, 6.45) is 3.23. The fourth-order valence-corrected chi connectivity index (χ4v) is 3.95. The Labute approximate surface area is 176 Å². The van der Waals surface area contributed by atoms with E-state index in [9.17, 15) is 4.79 Å². The summed E-state index contributed by atoms with van der Waals surface area (Å²) < 4.78 is 1.68. The van der Waals surface area contributed by atoms with Crippen molar-refractivity contribution < 1.29 is 4.79 Å². The number of aryl methyl sites for hydroxylation is 1.